The van der Waals surface area contributed by atoms with Crippen LogP contribution in [0.2, 0.25) is 0 Å². The predicted molar refractivity (Wildman–Crippen MR) is 74.7 cm³/mol. The Kier molecular flexibility index (Phi) is 5.55. The van der Waals surface area contributed by atoms with Crippen LogP contribution in [-0.2, 0) is 0 Å². The van der Waals surface area contributed by atoms with E-state index in [-0.39, 0.29) is 18.3 Å². The molecule has 0 aromatic heterocycles. The molecule has 18 heavy (non-hydrogen) atoms. The Bertz CT molecular complexity index is 424. The van der Waals surface area contributed by atoms with Gasteiger partial charge in [0.25, 0.3) is 5.69 Å². The summed E-state index contributed by atoms with van der Waals surface area (Å²) in [7, 11) is 0. The summed E-state index contributed by atoms with van der Waals surface area (Å²) in [6, 6.07) is 4.54. The highest BCUT2D eigenvalue weighted by atomic mass is 79.9. The van der Waals surface area contributed by atoms with Crippen LogP contribution in [0.25, 0.3) is 0 Å². The lowest BCUT2D eigenvalue weighted by Gasteiger charge is -2.19. The van der Waals surface area contributed by atoms with Crippen LogP contribution in [0.4, 0.5) is 11.4 Å². The van der Waals surface area contributed by atoms with Gasteiger partial charge in [-0.05, 0) is 24.5 Å². The van der Waals surface area contributed by atoms with Gasteiger partial charge in [0.2, 0.25) is 0 Å². The SMILES string of the molecule is CC(C)CC(CO)Nc1cc(Br)ccc1[N+](=O)[O-]. The molecule has 5 nitrogen and oxygen atoms in total. The van der Waals surface area contributed by atoms with Crippen LogP contribution in [0.1, 0.15) is 20.3 Å². The van der Waals surface area contributed by atoms with Gasteiger partial charge in [-0.1, -0.05) is 29.8 Å². The standard InChI is InChI=1S/C12H17BrN2O3/c1-8(2)5-10(7-16)14-11-6-9(13)3-4-12(11)15(17)18/h3-4,6,8,10,14,16H,5,7H2,1-2H3. The highest BCUT2D eigenvalue weighted by Crippen LogP contribution is 2.29. The molecule has 1 atom stereocenters. The Labute approximate surface area is 114 Å². The van der Waals surface area contributed by atoms with E-state index in [0.717, 1.165) is 10.9 Å². The lowest BCUT2D eigenvalue weighted by Crippen LogP contribution is -2.26. The Morgan fingerprint density at radius 3 is 2.67 bits per heavy atom. The number of nitro groups is 1. The van der Waals surface area contributed by atoms with Crippen molar-refractivity contribution in [3.8, 4) is 0 Å². The van der Waals surface area contributed by atoms with Crippen molar-refractivity contribution < 1.29 is 10.0 Å². The average Bonchev–Trinajstić information content (AvgIpc) is 2.27. The Morgan fingerprint density at radius 2 is 2.17 bits per heavy atom. The van der Waals surface area contributed by atoms with Gasteiger partial charge in [0.15, 0.2) is 0 Å². The van der Waals surface area contributed by atoms with Crippen LogP contribution in [0.5, 0.6) is 0 Å². The van der Waals surface area contributed by atoms with Crippen molar-refractivity contribution in [2.24, 2.45) is 5.92 Å². The number of benzene rings is 1. The minimum Gasteiger partial charge on any atom is -0.394 e. The zero-order valence-corrected chi connectivity index (χ0v) is 12.0. The fourth-order valence-electron chi connectivity index (χ4n) is 1.75. The van der Waals surface area contributed by atoms with Crippen molar-refractivity contribution in [3.05, 3.63) is 32.8 Å². The number of nitrogens with one attached hydrogen (secondary N) is 1. The molecule has 0 aliphatic carbocycles. The molecule has 0 bridgehead atoms. The van der Waals surface area contributed by atoms with Crippen molar-refractivity contribution in [3.63, 3.8) is 0 Å². The maximum atomic E-state index is 10.9. The third-order valence-corrected chi connectivity index (χ3v) is 2.98. The first kappa shape index (κ1) is 14.9. The molecule has 6 heteroatoms. The normalized spacial score (nSPS) is 12.5. The zero-order chi connectivity index (χ0) is 13.7. The first-order chi connectivity index (χ1) is 8.43. The number of hydrogen-bond donors (Lipinski definition) is 2. The van der Waals surface area contributed by atoms with Gasteiger partial charge in [-0.15, -0.1) is 0 Å². The topological polar surface area (TPSA) is 75.4 Å². The van der Waals surface area contributed by atoms with E-state index in [4.69, 9.17) is 0 Å². The van der Waals surface area contributed by atoms with E-state index in [1.165, 1.54) is 6.07 Å². The summed E-state index contributed by atoms with van der Waals surface area (Å²) in [5.41, 5.74) is 0.439. The molecular weight excluding hydrogens is 300 g/mol. The molecule has 0 saturated carbocycles. The maximum absolute atomic E-state index is 10.9. The summed E-state index contributed by atoms with van der Waals surface area (Å²) in [4.78, 5) is 10.5. The first-order valence-corrected chi connectivity index (χ1v) is 6.54. The number of rotatable bonds is 6. The van der Waals surface area contributed by atoms with Gasteiger partial charge >= 0.3 is 0 Å². The number of aliphatic hydroxyl groups excluding tert-OH is 1. The van der Waals surface area contributed by atoms with Crippen molar-refractivity contribution in [1.29, 1.82) is 0 Å². The lowest BCUT2D eigenvalue weighted by atomic mass is 10.0. The van der Waals surface area contributed by atoms with Crippen LogP contribution < -0.4 is 5.32 Å². The monoisotopic (exact) mass is 316 g/mol. The van der Waals surface area contributed by atoms with Gasteiger partial charge in [0, 0.05) is 16.6 Å². The molecule has 0 spiro atoms. The Balaban J connectivity index is 2.93. The molecule has 1 unspecified atom stereocenters. The lowest BCUT2D eigenvalue weighted by molar-refractivity contribution is -0.384. The Hall–Kier alpha value is -1.14. The third kappa shape index (κ3) is 4.27. The number of aliphatic hydroxyl groups is 1. The average molecular weight is 317 g/mol. The van der Waals surface area contributed by atoms with E-state index in [2.05, 4.69) is 21.2 Å². The second-order valence-corrected chi connectivity index (χ2v) is 5.49. The van der Waals surface area contributed by atoms with Gasteiger partial charge in [0.1, 0.15) is 5.69 Å². The minimum absolute atomic E-state index is 0.0143. The molecule has 0 aliphatic rings. The third-order valence-electron chi connectivity index (χ3n) is 2.49. The fourth-order valence-corrected chi connectivity index (χ4v) is 2.11. The molecule has 0 heterocycles. The number of nitro benzene ring substituents is 1. The molecule has 1 rings (SSSR count). The summed E-state index contributed by atoms with van der Waals surface area (Å²) in [6.07, 6.45) is 0.750. The first-order valence-electron chi connectivity index (χ1n) is 5.75. The van der Waals surface area contributed by atoms with Crippen molar-refractivity contribution >= 4 is 27.3 Å². The quantitative estimate of drug-likeness (QED) is 0.624. The largest absolute Gasteiger partial charge is 0.394 e. The molecule has 0 aliphatic heterocycles. The molecule has 0 radical (unpaired) electrons. The van der Waals surface area contributed by atoms with E-state index in [1.807, 2.05) is 13.8 Å². The number of nitrogens with zero attached hydrogens (tertiary/aromatic N) is 1. The van der Waals surface area contributed by atoms with Gasteiger partial charge in [-0.3, -0.25) is 10.1 Å². The number of anilines is 1. The minimum atomic E-state index is -0.432. The van der Waals surface area contributed by atoms with E-state index >= 15 is 0 Å². The van der Waals surface area contributed by atoms with E-state index in [9.17, 15) is 15.2 Å². The summed E-state index contributed by atoms with van der Waals surface area (Å²) in [6.45, 7) is 4.03. The molecule has 1 aromatic carbocycles. The second kappa shape index (κ2) is 6.70. The molecule has 100 valence electrons. The number of halogens is 1. The van der Waals surface area contributed by atoms with Crippen LogP contribution in [-0.4, -0.2) is 22.7 Å². The smallest absolute Gasteiger partial charge is 0.292 e. The molecule has 0 saturated heterocycles. The predicted octanol–water partition coefficient (Wildman–Crippen LogP) is 3.18. The summed E-state index contributed by atoms with van der Waals surface area (Å²) < 4.78 is 0.761. The van der Waals surface area contributed by atoms with Gasteiger partial charge < -0.3 is 10.4 Å². The molecule has 1 aromatic rings. The second-order valence-electron chi connectivity index (χ2n) is 4.57. The van der Waals surface area contributed by atoms with Crippen molar-refractivity contribution in [2.75, 3.05) is 11.9 Å². The maximum Gasteiger partial charge on any atom is 0.292 e. The van der Waals surface area contributed by atoms with Crippen molar-refractivity contribution in [2.45, 2.75) is 26.3 Å². The summed E-state index contributed by atoms with van der Waals surface area (Å²) in [5.74, 6) is 0.404. The molecule has 0 amide bonds. The van der Waals surface area contributed by atoms with Crippen molar-refractivity contribution in [1.82, 2.24) is 0 Å². The number of hydrogen-bond acceptors (Lipinski definition) is 4. The summed E-state index contributed by atoms with van der Waals surface area (Å²) >= 11 is 3.28. The molecular formula is C12H17BrN2O3. The highest BCUT2D eigenvalue weighted by molar-refractivity contribution is 9.10. The molecule has 2 N–H and O–H groups in total. The van der Waals surface area contributed by atoms with E-state index in [1.54, 1.807) is 12.1 Å². The van der Waals surface area contributed by atoms with Gasteiger partial charge in [-0.25, -0.2) is 0 Å². The summed E-state index contributed by atoms with van der Waals surface area (Å²) in [5, 5.41) is 23.2. The fraction of sp³-hybridized carbons (Fsp3) is 0.500. The highest BCUT2D eigenvalue weighted by Gasteiger charge is 2.17. The van der Waals surface area contributed by atoms with Crippen LogP contribution in [0.15, 0.2) is 22.7 Å². The van der Waals surface area contributed by atoms with Crippen LogP contribution >= 0.6 is 15.9 Å². The van der Waals surface area contributed by atoms with Gasteiger partial charge in [0.05, 0.1) is 11.5 Å². The van der Waals surface area contributed by atoms with E-state index in [0.29, 0.717) is 11.6 Å². The Morgan fingerprint density at radius 1 is 1.50 bits per heavy atom. The van der Waals surface area contributed by atoms with E-state index < -0.39 is 4.92 Å². The van der Waals surface area contributed by atoms with Crippen LogP contribution in [0.3, 0.4) is 0 Å². The molecule has 0 fully saturated rings. The van der Waals surface area contributed by atoms with Gasteiger partial charge in [-0.2, -0.15) is 0 Å². The van der Waals surface area contributed by atoms with Crippen LogP contribution in [0, 0.1) is 16.0 Å². The zero-order valence-electron chi connectivity index (χ0n) is 10.4.